The van der Waals surface area contributed by atoms with Crippen LogP contribution in [0.15, 0.2) is 29.1 Å². The summed E-state index contributed by atoms with van der Waals surface area (Å²) in [5.74, 6) is 1.05. The molecule has 23 heavy (non-hydrogen) atoms. The maximum atomic E-state index is 12.2. The molecule has 0 fully saturated rings. The van der Waals surface area contributed by atoms with Gasteiger partial charge in [-0.3, -0.25) is 4.79 Å². The molecule has 0 saturated carbocycles. The second kappa shape index (κ2) is 4.38. The van der Waals surface area contributed by atoms with E-state index in [2.05, 4.69) is 15.1 Å². The van der Waals surface area contributed by atoms with Gasteiger partial charge in [-0.25, -0.2) is 9.97 Å². The molecule has 6 heteroatoms. The van der Waals surface area contributed by atoms with Crippen LogP contribution in [0.5, 0.6) is 5.75 Å². The fourth-order valence-corrected chi connectivity index (χ4v) is 2.88. The molecule has 1 aromatic carbocycles. The van der Waals surface area contributed by atoms with E-state index in [1.54, 1.807) is 6.92 Å². The highest BCUT2D eigenvalue weighted by Gasteiger charge is 2.36. The molecule has 1 aliphatic heterocycles. The lowest BCUT2D eigenvalue weighted by Crippen LogP contribution is -2.33. The van der Waals surface area contributed by atoms with Crippen molar-refractivity contribution in [2.45, 2.75) is 33.3 Å². The zero-order valence-electron chi connectivity index (χ0n) is 13.4. The van der Waals surface area contributed by atoms with Crippen molar-refractivity contribution >= 4 is 5.78 Å². The van der Waals surface area contributed by atoms with Crippen molar-refractivity contribution in [2.75, 3.05) is 0 Å². The Hall–Kier alpha value is -2.76. The first-order valence-electron chi connectivity index (χ1n) is 7.44. The van der Waals surface area contributed by atoms with E-state index in [9.17, 15) is 4.79 Å². The summed E-state index contributed by atoms with van der Waals surface area (Å²) in [7, 11) is 0. The van der Waals surface area contributed by atoms with Gasteiger partial charge in [-0.05, 0) is 45.4 Å². The molecule has 0 radical (unpaired) electrons. The lowest BCUT2D eigenvalue weighted by atomic mass is 9.94. The number of aryl methyl sites for hydroxylation is 2. The van der Waals surface area contributed by atoms with Crippen LogP contribution in [-0.2, 0) is 5.60 Å². The molecule has 116 valence electrons. The predicted octanol–water partition coefficient (Wildman–Crippen LogP) is 2.40. The Balaban J connectivity index is 2.13. The number of fused-ring (bicyclic) bond motifs is 4. The smallest absolute Gasteiger partial charge is 0.275 e. The summed E-state index contributed by atoms with van der Waals surface area (Å²) in [6.45, 7) is 7.66. The quantitative estimate of drug-likeness (QED) is 0.638. The van der Waals surface area contributed by atoms with Gasteiger partial charge in [-0.1, -0.05) is 6.07 Å². The van der Waals surface area contributed by atoms with E-state index >= 15 is 0 Å². The lowest BCUT2D eigenvalue weighted by molar-refractivity contribution is 0.0997. The van der Waals surface area contributed by atoms with Crippen LogP contribution in [0.2, 0.25) is 0 Å². The summed E-state index contributed by atoms with van der Waals surface area (Å²) in [6.07, 6.45) is 0. The van der Waals surface area contributed by atoms with Gasteiger partial charge in [0.25, 0.3) is 11.3 Å². The maximum Gasteiger partial charge on any atom is 0.275 e. The highest BCUT2D eigenvalue weighted by atomic mass is 16.5. The topological polar surface area (TPSA) is 69.4 Å². The van der Waals surface area contributed by atoms with Gasteiger partial charge in [0, 0.05) is 17.3 Å². The zero-order valence-corrected chi connectivity index (χ0v) is 13.4. The lowest BCUT2D eigenvalue weighted by Gasteiger charge is -2.33. The Labute approximate surface area is 132 Å². The highest BCUT2D eigenvalue weighted by molar-refractivity contribution is 5.72. The summed E-state index contributed by atoms with van der Waals surface area (Å²) in [4.78, 5) is 21.1. The van der Waals surface area contributed by atoms with E-state index in [0.29, 0.717) is 22.9 Å². The number of hydrogen-bond donors (Lipinski definition) is 0. The molecule has 0 bridgehead atoms. The van der Waals surface area contributed by atoms with E-state index in [-0.39, 0.29) is 5.56 Å². The molecule has 0 saturated heterocycles. The Morgan fingerprint density at radius 3 is 2.70 bits per heavy atom. The van der Waals surface area contributed by atoms with Crippen LogP contribution in [0.25, 0.3) is 17.0 Å². The SMILES string of the molecule is Cc1ccc2c(c1)OC(C)(C)c1nc3nc(C)cc(=O)n3nc1-2. The number of ether oxygens (including phenoxy) is 1. The van der Waals surface area contributed by atoms with Crippen LogP contribution >= 0.6 is 0 Å². The van der Waals surface area contributed by atoms with Gasteiger partial charge in [0.1, 0.15) is 22.7 Å². The molecule has 3 aromatic rings. The summed E-state index contributed by atoms with van der Waals surface area (Å²) in [5.41, 5.74) is 3.03. The van der Waals surface area contributed by atoms with Crippen LogP contribution in [0.3, 0.4) is 0 Å². The second-order valence-electron chi connectivity index (χ2n) is 6.37. The number of benzene rings is 1. The van der Waals surface area contributed by atoms with Gasteiger partial charge in [-0.2, -0.15) is 9.61 Å². The summed E-state index contributed by atoms with van der Waals surface area (Å²) in [6, 6.07) is 7.37. The Kier molecular flexibility index (Phi) is 2.64. The molecule has 3 heterocycles. The maximum absolute atomic E-state index is 12.2. The van der Waals surface area contributed by atoms with E-state index in [4.69, 9.17) is 4.74 Å². The standard InChI is InChI=1S/C17H16N4O2/c1-9-5-6-11-12(7-9)23-17(3,4)15-14(11)20-21-13(22)8-10(2)18-16(21)19-15/h5-8H,1-4H3. The molecule has 1 aliphatic rings. The number of hydrogen-bond acceptors (Lipinski definition) is 5. The molecule has 0 unspecified atom stereocenters. The molecule has 4 rings (SSSR count). The molecule has 6 nitrogen and oxygen atoms in total. The zero-order chi connectivity index (χ0) is 16.4. The second-order valence-corrected chi connectivity index (χ2v) is 6.37. The Morgan fingerprint density at radius 2 is 1.91 bits per heavy atom. The van der Waals surface area contributed by atoms with Crippen molar-refractivity contribution in [3.8, 4) is 17.0 Å². The van der Waals surface area contributed by atoms with E-state index in [1.807, 2.05) is 39.0 Å². The van der Waals surface area contributed by atoms with Gasteiger partial charge in [0.05, 0.1) is 0 Å². The van der Waals surface area contributed by atoms with E-state index < -0.39 is 5.60 Å². The van der Waals surface area contributed by atoms with Crippen molar-refractivity contribution in [2.24, 2.45) is 0 Å². The summed E-state index contributed by atoms with van der Waals surface area (Å²) in [5, 5.41) is 4.52. The minimum Gasteiger partial charge on any atom is -0.481 e. The van der Waals surface area contributed by atoms with Crippen molar-refractivity contribution < 1.29 is 4.74 Å². The van der Waals surface area contributed by atoms with Crippen LogP contribution in [0.4, 0.5) is 0 Å². The fourth-order valence-electron chi connectivity index (χ4n) is 2.88. The van der Waals surface area contributed by atoms with Crippen molar-refractivity contribution in [1.82, 2.24) is 19.6 Å². The van der Waals surface area contributed by atoms with Gasteiger partial charge in [-0.15, -0.1) is 0 Å². The van der Waals surface area contributed by atoms with E-state index in [0.717, 1.165) is 16.9 Å². The van der Waals surface area contributed by atoms with E-state index in [1.165, 1.54) is 10.6 Å². The third-order valence-electron chi connectivity index (χ3n) is 3.97. The molecule has 0 N–H and O–H groups in total. The molecule has 0 amide bonds. The average molecular weight is 308 g/mol. The van der Waals surface area contributed by atoms with Gasteiger partial charge >= 0.3 is 0 Å². The number of rotatable bonds is 0. The van der Waals surface area contributed by atoms with Crippen LogP contribution < -0.4 is 10.3 Å². The minimum atomic E-state index is -0.646. The third-order valence-corrected chi connectivity index (χ3v) is 3.97. The predicted molar refractivity (Wildman–Crippen MR) is 85.6 cm³/mol. The first-order chi connectivity index (χ1) is 10.8. The molecule has 0 spiro atoms. The van der Waals surface area contributed by atoms with Crippen LogP contribution in [0.1, 0.15) is 30.8 Å². The van der Waals surface area contributed by atoms with Crippen LogP contribution in [-0.4, -0.2) is 19.6 Å². The Bertz CT molecular complexity index is 1020. The van der Waals surface area contributed by atoms with Crippen LogP contribution in [0, 0.1) is 13.8 Å². The molecule has 2 aromatic heterocycles. The monoisotopic (exact) mass is 308 g/mol. The molecule has 0 atom stereocenters. The van der Waals surface area contributed by atoms with Gasteiger partial charge in [0.2, 0.25) is 0 Å². The third kappa shape index (κ3) is 2.02. The first kappa shape index (κ1) is 13.9. The van der Waals surface area contributed by atoms with Crippen molar-refractivity contribution in [3.63, 3.8) is 0 Å². The minimum absolute atomic E-state index is 0.235. The summed E-state index contributed by atoms with van der Waals surface area (Å²) < 4.78 is 7.37. The summed E-state index contributed by atoms with van der Waals surface area (Å²) >= 11 is 0. The van der Waals surface area contributed by atoms with Gasteiger partial charge in [0.15, 0.2) is 0 Å². The molecular formula is C17H16N4O2. The highest BCUT2D eigenvalue weighted by Crippen LogP contribution is 2.43. The number of nitrogens with zero attached hydrogens (tertiary/aromatic N) is 4. The molecular weight excluding hydrogens is 292 g/mol. The largest absolute Gasteiger partial charge is 0.481 e. The normalized spacial score (nSPS) is 15.0. The van der Waals surface area contributed by atoms with Gasteiger partial charge < -0.3 is 4.74 Å². The number of aromatic nitrogens is 4. The fraction of sp³-hybridized carbons (Fsp3) is 0.294. The Morgan fingerprint density at radius 1 is 1.13 bits per heavy atom. The van der Waals surface area contributed by atoms with Crippen molar-refractivity contribution in [1.29, 1.82) is 0 Å². The molecule has 0 aliphatic carbocycles. The van der Waals surface area contributed by atoms with Crippen molar-refractivity contribution in [3.05, 3.63) is 51.6 Å². The first-order valence-corrected chi connectivity index (χ1v) is 7.44. The average Bonchev–Trinajstić information content (AvgIpc) is 2.45.